The Kier molecular flexibility index (Phi) is 4.72. The lowest BCUT2D eigenvalue weighted by molar-refractivity contribution is -0.0141. The number of fused-ring (bicyclic) bond motifs is 1. The molecular weight excluding hydrogens is 296 g/mol. The van der Waals surface area contributed by atoms with E-state index in [0.29, 0.717) is 0 Å². The summed E-state index contributed by atoms with van der Waals surface area (Å²) in [5.74, 6) is 0. The average molecular weight is 322 g/mol. The van der Waals surface area contributed by atoms with Crippen LogP contribution in [0.1, 0.15) is 36.1 Å². The summed E-state index contributed by atoms with van der Waals surface area (Å²) in [6.07, 6.45) is 2.84. The number of benzene rings is 2. The van der Waals surface area contributed by atoms with Gasteiger partial charge in [-0.3, -0.25) is 0 Å². The van der Waals surface area contributed by atoms with E-state index in [0.717, 1.165) is 25.3 Å². The SMILES string of the molecule is CCN(C)C=Nc1cc2c(cc1C)C(C)(c1ccccc1)OCC2. The number of aryl methyl sites for hydroxylation is 1. The molecule has 1 aliphatic rings. The van der Waals surface area contributed by atoms with E-state index in [1.165, 1.54) is 22.3 Å². The molecule has 0 radical (unpaired) electrons. The van der Waals surface area contributed by atoms with E-state index in [-0.39, 0.29) is 5.60 Å². The van der Waals surface area contributed by atoms with Gasteiger partial charge in [0, 0.05) is 13.6 Å². The minimum Gasteiger partial charge on any atom is -0.366 e. The Balaban J connectivity index is 2.04. The van der Waals surface area contributed by atoms with Crippen molar-refractivity contribution in [2.45, 2.75) is 32.8 Å². The first kappa shape index (κ1) is 16.7. The molecule has 0 saturated carbocycles. The van der Waals surface area contributed by atoms with E-state index in [9.17, 15) is 0 Å². The predicted octanol–water partition coefficient (Wildman–Crippen LogP) is 4.44. The normalized spacial score (nSPS) is 20.2. The minimum atomic E-state index is -0.387. The van der Waals surface area contributed by atoms with Crippen LogP contribution in [0.25, 0.3) is 0 Å². The highest BCUT2D eigenvalue weighted by molar-refractivity contribution is 5.64. The zero-order valence-electron chi connectivity index (χ0n) is 15.0. The molecule has 0 saturated heterocycles. The van der Waals surface area contributed by atoms with Crippen molar-refractivity contribution in [3.05, 3.63) is 64.7 Å². The second kappa shape index (κ2) is 6.78. The Labute approximate surface area is 145 Å². The Bertz CT molecular complexity index is 739. The Hall–Kier alpha value is -2.13. The number of hydrogen-bond donors (Lipinski definition) is 0. The van der Waals surface area contributed by atoms with E-state index in [4.69, 9.17) is 4.74 Å². The van der Waals surface area contributed by atoms with Crippen molar-refractivity contribution in [2.75, 3.05) is 20.2 Å². The van der Waals surface area contributed by atoms with Gasteiger partial charge in [-0.15, -0.1) is 0 Å². The number of nitrogens with zero attached hydrogens (tertiary/aromatic N) is 2. The lowest BCUT2D eigenvalue weighted by Gasteiger charge is -2.37. The highest BCUT2D eigenvalue weighted by Gasteiger charge is 2.35. The van der Waals surface area contributed by atoms with Crippen LogP contribution in [-0.2, 0) is 16.8 Å². The van der Waals surface area contributed by atoms with Crippen molar-refractivity contribution in [1.82, 2.24) is 4.90 Å². The van der Waals surface area contributed by atoms with E-state index in [1.54, 1.807) is 0 Å². The van der Waals surface area contributed by atoms with Gasteiger partial charge in [-0.1, -0.05) is 36.4 Å². The Morgan fingerprint density at radius 2 is 2.00 bits per heavy atom. The van der Waals surface area contributed by atoms with Crippen LogP contribution < -0.4 is 0 Å². The molecule has 2 aromatic rings. The van der Waals surface area contributed by atoms with Gasteiger partial charge in [-0.05, 0) is 55.5 Å². The van der Waals surface area contributed by atoms with Gasteiger partial charge in [-0.2, -0.15) is 0 Å². The highest BCUT2D eigenvalue weighted by atomic mass is 16.5. The van der Waals surface area contributed by atoms with Gasteiger partial charge in [-0.25, -0.2) is 4.99 Å². The molecule has 1 aliphatic heterocycles. The lowest BCUT2D eigenvalue weighted by atomic mass is 9.81. The van der Waals surface area contributed by atoms with Gasteiger partial charge in [0.25, 0.3) is 0 Å². The second-order valence-corrected chi connectivity index (χ2v) is 6.61. The molecule has 0 N–H and O–H groups in total. The third-order valence-corrected chi connectivity index (χ3v) is 4.92. The smallest absolute Gasteiger partial charge is 0.116 e. The van der Waals surface area contributed by atoms with Crippen molar-refractivity contribution >= 4 is 12.0 Å². The fourth-order valence-corrected chi connectivity index (χ4v) is 3.21. The minimum absolute atomic E-state index is 0.387. The Morgan fingerprint density at radius 3 is 2.71 bits per heavy atom. The van der Waals surface area contributed by atoms with Crippen molar-refractivity contribution in [3.8, 4) is 0 Å². The van der Waals surface area contributed by atoms with Gasteiger partial charge in [0.1, 0.15) is 5.60 Å². The molecule has 1 unspecified atom stereocenters. The molecule has 3 nitrogen and oxygen atoms in total. The molecule has 0 fully saturated rings. The molecule has 1 atom stereocenters. The Morgan fingerprint density at radius 1 is 1.25 bits per heavy atom. The summed E-state index contributed by atoms with van der Waals surface area (Å²) >= 11 is 0. The van der Waals surface area contributed by atoms with Crippen molar-refractivity contribution in [3.63, 3.8) is 0 Å². The lowest BCUT2D eigenvalue weighted by Crippen LogP contribution is -2.33. The van der Waals surface area contributed by atoms with Crippen LogP contribution in [0.5, 0.6) is 0 Å². The third-order valence-electron chi connectivity index (χ3n) is 4.92. The van der Waals surface area contributed by atoms with Gasteiger partial charge in [0.15, 0.2) is 0 Å². The van der Waals surface area contributed by atoms with E-state index >= 15 is 0 Å². The first-order valence-electron chi connectivity index (χ1n) is 8.62. The first-order valence-corrected chi connectivity index (χ1v) is 8.62. The second-order valence-electron chi connectivity index (χ2n) is 6.61. The van der Waals surface area contributed by atoms with Crippen LogP contribution in [0.4, 0.5) is 5.69 Å². The summed E-state index contributed by atoms with van der Waals surface area (Å²) in [5, 5.41) is 0. The highest BCUT2D eigenvalue weighted by Crippen LogP contribution is 2.41. The molecule has 1 heterocycles. The van der Waals surface area contributed by atoms with Crippen LogP contribution in [-0.4, -0.2) is 31.4 Å². The molecule has 24 heavy (non-hydrogen) atoms. The monoisotopic (exact) mass is 322 g/mol. The summed E-state index contributed by atoms with van der Waals surface area (Å²) in [6.45, 7) is 8.10. The topological polar surface area (TPSA) is 24.8 Å². The number of ether oxygens (including phenoxy) is 1. The zero-order chi connectivity index (χ0) is 17.2. The van der Waals surface area contributed by atoms with Gasteiger partial charge < -0.3 is 9.64 Å². The maximum Gasteiger partial charge on any atom is 0.116 e. The summed E-state index contributed by atoms with van der Waals surface area (Å²) in [7, 11) is 2.04. The van der Waals surface area contributed by atoms with Crippen LogP contribution in [0.3, 0.4) is 0 Å². The molecule has 126 valence electrons. The molecule has 0 spiro atoms. The molecule has 3 rings (SSSR count). The van der Waals surface area contributed by atoms with Crippen molar-refractivity contribution < 1.29 is 4.74 Å². The number of rotatable bonds is 4. The van der Waals surface area contributed by atoms with Gasteiger partial charge in [0.05, 0.1) is 18.6 Å². The third kappa shape index (κ3) is 3.09. The van der Waals surface area contributed by atoms with Crippen LogP contribution in [0.2, 0.25) is 0 Å². The van der Waals surface area contributed by atoms with Crippen LogP contribution in [0, 0.1) is 6.92 Å². The zero-order valence-corrected chi connectivity index (χ0v) is 15.0. The molecule has 2 aromatic carbocycles. The maximum atomic E-state index is 6.24. The fourth-order valence-electron chi connectivity index (χ4n) is 3.21. The molecular formula is C21H26N2O. The summed E-state index contributed by atoms with van der Waals surface area (Å²) < 4.78 is 6.24. The van der Waals surface area contributed by atoms with E-state index < -0.39 is 0 Å². The van der Waals surface area contributed by atoms with E-state index in [2.05, 4.69) is 67.1 Å². The standard InChI is InChI=1S/C21H26N2O/c1-5-23(4)15-22-20-14-17-11-12-24-21(3,19(17)13-16(20)2)18-9-7-6-8-10-18/h6-10,13-15H,5,11-12H2,1-4H3. The molecule has 0 amide bonds. The van der Waals surface area contributed by atoms with Gasteiger partial charge >= 0.3 is 0 Å². The van der Waals surface area contributed by atoms with E-state index in [1.807, 2.05) is 19.5 Å². The maximum absolute atomic E-state index is 6.24. The summed E-state index contributed by atoms with van der Waals surface area (Å²) in [6, 6.07) is 15.0. The molecule has 0 bridgehead atoms. The quantitative estimate of drug-likeness (QED) is 0.614. The molecule has 3 heteroatoms. The molecule has 0 aromatic heterocycles. The number of aliphatic imine (C=N–C) groups is 1. The van der Waals surface area contributed by atoms with Gasteiger partial charge in [0.2, 0.25) is 0 Å². The average Bonchev–Trinajstić information content (AvgIpc) is 2.61. The molecule has 0 aliphatic carbocycles. The number of hydrogen-bond acceptors (Lipinski definition) is 2. The van der Waals surface area contributed by atoms with Crippen molar-refractivity contribution in [2.24, 2.45) is 4.99 Å². The van der Waals surface area contributed by atoms with Crippen LogP contribution in [0.15, 0.2) is 47.5 Å². The largest absolute Gasteiger partial charge is 0.366 e. The first-order chi connectivity index (χ1) is 11.5. The van der Waals surface area contributed by atoms with Crippen molar-refractivity contribution in [1.29, 1.82) is 0 Å². The summed E-state index contributed by atoms with van der Waals surface area (Å²) in [5.41, 5.74) is 5.65. The van der Waals surface area contributed by atoms with Crippen LogP contribution >= 0.6 is 0 Å². The summed E-state index contributed by atoms with van der Waals surface area (Å²) in [4.78, 5) is 6.74. The fraction of sp³-hybridized carbons (Fsp3) is 0.381. The predicted molar refractivity (Wildman–Crippen MR) is 100 cm³/mol.